The maximum atomic E-state index is 11.7. The van der Waals surface area contributed by atoms with Gasteiger partial charge in [-0.1, -0.05) is 30.3 Å². The van der Waals surface area contributed by atoms with E-state index in [4.69, 9.17) is 4.74 Å². The number of ether oxygens (including phenoxy) is 1. The van der Waals surface area contributed by atoms with Crippen molar-refractivity contribution in [1.82, 2.24) is 5.32 Å². The number of hydrogen-bond acceptors (Lipinski definition) is 4. The van der Waals surface area contributed by atoms with E-state index in [1.165, 1.54) is 0 Å². The molecule has 2 rings (SSSR count). The number of aromatic hydroxyl groups is 1. The lowest BCUT2D eigenvalue weighted by atomic mass is 10.1. The molecule has 0 aliphatic heterocycles. The standard InChI is InChI=1S/C18H22N2O3/c1-23-11-10-19-18(22)12-14-6-8-16(9-7-14)20-13-15-4-2-3-5-17(15)21/h2-9,20-21H,10-13H2,1H3,(H,19,22). The Hall–Kier alpha value is -2.53. The molecule has 0 unspecified atom stereocenters. The molecule has 0 aliphatic rings. The summed E-state index contributed by atoms with van der Waals surface area (Å²) in [5.41, 5.74) is 2.74. The smallest absolute Gasteiger partial charge is 0.224 e. The first-order valence-corrected chi connectivity index (χ1v) is 7.54. The van der Waals surface area contributed by atoms with Crippen molar-refractivity contribution in [3.8, 4) is 5.75 Å². The van der Waals surface area contributed by atoms with Crippen LogP contribution in [0.3, 0.4) is 0 Å². The van der Waals surface area contributed by atoms with Crippen molar-refractivity contribution in [2.45, 2.75) is 13.0 Å². The molecule has 2 aromatic rings. The molecule has 0 spiro atoms. The maximum Gasteiger partial charge on any atom is 0.224 e. The first-order chi connectivity index (χ1) is 11.2. The number of anilines is 1. The number of benzene rings is 2. The molecule has 0 aliphatic carbocycles. The Morgan fingerprint density at radius 1 is 1.13 bits per heavy atom. The van der Waals surface area contributed by atoms with Crippen LogP contribution in [0.1, 0.15) is 11.1 Å². The summed E-state index contributed by atoms with van der Waals surface area (Å²) in [6.07, 6.45) is 0.351. The zero-order valence-electron chi connectivity index (χ0n) is 13.2. The summed E-state index contributed by atoms with van der Waals surface area (Å²) in [5.74, 6) is 0.265. The van der Waals surface area contributed by atoms with Crippen LogP contribution in [-0.2, 0) is 22.5 Å². The first-order valence-electron chi connectivity index (χ1n) is 7.54. The van der Waals surface area contributed by atoms with Gasteiger partial charge in [0, 0.05) is 31.5 Å². The number of phenols is 1. The Kier molecular flexibility index (Phi) is 6.44. The highest BCUT2D eigenvalue weighted by Gasteiger charge is 2.03. The average Bonchev–Trinajstić information content (AvgIpc) is 2.56. The molecule has 5 nitrogen and oxygen atoms in total. The van der Waals surface area contributed by atoms with Gasteiger partial charge in [0.05, 0.1) is 13.0 Å². The molecule has 1 amide bonds. The predicted molar refractivity (Wildman–Crippen MR) is 90.5 cm³/mol. The van der Waals surface area contributed by atoms with Gasteiger partial charge < -0.3 is 20.5 Å². The van der Waals surface area contributed by atoms with Crippen molar-refractivity contribution in [2.75, 3.05) is 25.6 Å². The van der Waals surface area contributed by atoms with Gasteiger partial charge in [0.2, 0.25) is 5.91 Å². The van der Waals surface area contributed by atoms with E-state index in [1.54, 1.807) is 19.2 Å². The van der Waals surface area contributed by atoms with Gasteiger partial charge in [-0.15, -0.1) is 0 Å². The third kappa shape index (κ3) is 5.64. The fraction of sp³-hybridized carbons (Fsp3) is 0.278. The van der Waals surface area contributed by atoms with Crippen LogP contribution >= 0.6 is 0 Å². The molecule has 23 heavy (non-hydrogen) atoms. The second kappa shape index (κ2) is 8.80. The number of carbonyl (C=O) groups is 1. The zero-order chi connectivity index (χ0) is 16.5. The van der Waals surface area contributed by atoms with E-state index in [0.29, 0.717) is 26.1 Å². The van der Waals surface area contributed by atoms with Gasteiger partial charge in [0.1, 0.15) is 5.75 Å². The molecule has 0 fully saturated rings. The zero-order valence-corrected chi connectivity index (χ0v) is 13.2. The summed E-state index contributed by atoms with van der Waals surface area (Å²) in [6, 6.07) is 14.9. The molecule has 2 aromatic carbocycles. The Labute approximate surface area is 136 Å². The minimum absolute atomic E-state index is 0.0167. The average molecular weight is 314 g/mol. The number of rotatable bonds is 8. The lowest BCUT2D eigenvalue weighted by Crippen LogP contribution is -2.28. The molecule has 0 saturated carbocycles. The summed E-state index contributed by atoms with van der Waals surface area (Å²) in [4.78, 5) is 11.7. The highest BCUT2D eigenvalue weighted by molar-refractivity contribution is 5.78. The predicted octanol–water partition coefficient (Wildman–Crippen LogP) is 2.31. The van der Waals surface area contributed by atoms with Crippen LogP contribution in [0.2, 0.25) is 0 Å². The van der Waals surface area contributed by atoms with Gasteiger partial charge in [-0.05, 0) is 23.8 Å². The Morgan fingerprint density at radius 3 is 2.57 bits per heavy atom. The van der Waals surface area contributed by atoms with Crippen molar-refractivity contribution < 1.29 is 14.6 Å². The van der Waals surface area contributed by atoms with E-state index in [2.05, 4.69) is 10.6 Å². The van der Waals surface area contributed by atoms with Crippen molar-refractivity contribution in [1.29, 1.82) is 0 Å². The Morgan fingerprint density at radius 2 is 1.87 bits per heavy atom. The lowest BCUT2D eigenvalue weighted by Gasteiger charge is -2.09. The molecular formula is C18H22N2O3. The summed E-state index contributed by atoms with van der Waals surface area (Å²) >= 11 is 0. The molecule has 0 saturated heterocycles. The van der Waals surface area contributed by atoms with E-state index in [-0.39, 0.29) is 11.7 Å². The third-order valence-electron chi connectivity index (χ3n) is 3.42. The number of para-hydroxylation sites is 1. The minimum atomic E-state index is -0.0167. The Bertz CT molecular complexity index is 626. The van der Waals surface area contributed by atoms with Crippen LogP contribution in [0.5, 0.6) is 5.75 Å². The normalized spacial score (nSPS) is 10.3. The minimum Gasteiger partial charge on any atom is -0.508 e. The fourth-order valence-electron chi connectivity index (χ4n) is 2.14. The quantitative estimate of drug-likeness (QED) is 0.654. The van der Waals surface area contributed by atoms with Gasteiger partial charge in [0.15, 0.2) is 0 Å². The second-order valence-electron chi connectivity index (χ2n) is 5.20. The summed E-state index contributed by atoms with van der Waals surface area (Å²) in [6.45, 7) is 1.58. The fourth-order valence-corrected chi connectivity index (χ4v) is 2.14. The maximum absolute atomic E-state index is 11.7. The van der Waals surface area contributed by atoms with Gasteiger partial charge in [-0.3, -0.25) is 4.79 Å². The molecule has 0 aromatic heterocycles. The number of methoxy groups -OCH3 is 1. The Balaban J connectivity index is 1.82. The summed E-state index contributed by atoms with van der Waals surface area (Å²) in [7, 11) is 1.60. The number of nitrogens with one attached hydrogen (secondary N) is 2. The summed E-state index contributed by atoms with van der Waals surface area (Å²) < 4.78 is 4.89. The van der Waals surface area contributed by atoms with E-state index >= 15 is 0 Å². The number of hydrogen-bond donors (Lipinski definition) is 3. The van der Waals surface area contributed by atoms with Crippen LogP contribution in [-0.4, -0.2) is 31.3 Å². The van der Waals surface area contributed by atoms with Crippen LogP contribution in [0.25, 0.3) is 0 Å². The van der Waals surface area contributed by atoms with Crippen LogP contribution < -0.4 is 10.6 Å². The largest absolute Gasteiger partial charge is 0.508 e. The van der Waals surface area contributed by atoms with Gasteiger partial charge in [-0.2, -0.15) is 0 Å². The van der Waals surface area contributed by atoms with Gasteiger partial charge in [0.25, 0.3) is 0 Å². The third-order valence-corrected chi connectivity index (χ3v) is 3.42. The highest BCUT2D eigenvalue weighted by atomic mass is 16.5. The molecular weight excluding hydrogens is 292 g/mol. The van der Waals surface area contributed by atoms with E-state index < -0.39 is 0 Å². The monoisotopic (exact) mass is 314 g/mol. The van der Waals surface area contributed by atoms with Crippen LogP contribution in [0, 0.1) is 0 Å². The van der Waals surface area contributed by atoms with Crippen molar-refractivity contribution in [2.24, 2.45) is 0 Å². The van der Waals surface area contributed by atoms with Crippen molar-refractivity contribution in [3.05, 3.63) is 59.7 Å². The molecule has 0 heterocycles. The molecule has 122 valence electrons. The van der Waals surface area contributed by atoms with E-state index in [0.717, 1.165) is 16.8 Å². The highest BCUT2D eigenvalue weighted by Crippen LogP contribution is 2.18. The van der Waals surface area contributed by atoms with Gasteiger partial charge >= 0.3 is 0 Å². The molecule has 3 N–H and O–H groups in total. The molecule has 0 radical (unpaired) electrons. The number of phenolic OH excluding ortho intramolecular Hbond substituents is 1. The second-order valence-corrected chi connectivity index (χ2v) is 5.20. The first kappa shape index (κ1) is 16.8. The molecule has 5 heteroatoms. The SMILES string of the molecule is COCCNC(=O)Cc1ccc(NCc2ccccc2O)cc1. The lowest BCUT2D eigenvalue weighted by molar-refractivity contribution is -0.120. The van der Waals surface area contributed by atoms with Gasteiger partial charge in [-0.25, -0.2) is 0 Å². The van der Waals surface area contributed by atoms with E-state index in [9.17, 15) is 9.90 Å². The molecule has 0 bridgehead atoms. The molecule has 0 atom stereocenters. The van der Waals surface area contributed by atoms with Crippen molar-refractivity contribution in [3.63, 3.8) is 0 Å². The van der Waals surface area contributed by atoms with Crippen LogP contribution in [0.4, 0.5) is 5.69 Å². The topological polar surface area (TPSA) is 70.6 Å². The van der Waals surface area contributed by atoms with Crippen LogP contribution in [0.15, 0.2) is 48.5 Å². The van der Waals surface area contributed by atoms with Crippen molar-refractivity contribution >= 4 is 11.6 Å². The number of carbonyl (C=O) groups excluding carboxylic acids is 1. The number of amides is 1. The summed E-state index contributed by atoms with van der Waals surface area (Å²) in [5, 5.41) is 15.8. The van der Waals surface area contributed by atoms with E-state index in [1.807, 2.05) is 36.4 Å².